The predicted molar refractivity (Wildman–Crippen MR) is 57.4 cm³/mol. The maximum absolute atomic E-state index is 11.3. The number of carboxylic acid groups (broad SMARTS) is 1. The summed E-state index contributed by atoms with van der Waals surface area (Å²) >= 11 is 0. The van der Waals surface area contributed by atoms with Gasteiger partial charge in [-0.05, 0) is 48.6 Å². The summed E-state index contributed by atoms with van der Waals surface area (Å²) in [6, 6.07) is 6.01. The van der Waals surface area contributed by atoms with Gasteiger partial charge in [0.2, 0.25) is 0 Å². The van der Waals surface area contributed by atoms with Gasteiger partial charge < -0.3 is 5.11 Å². The molecule has 1 N–H and O–H groups in total. The van der Waals surface area contributed by atoms with Crippen molar-refractivity contribution in [2.75, 3.05) is 0 Å². The second kappa shape index (κ2) is 3.09. The molecule has 1 aromatic carbocycles. The van der Waals surface area contributed by atoms with Crippen molar-refractivity contribution in [3.05, 3.63) is 34.9 Å². The van der Waals surface area contributed by atoms with Crippen molar-refractivity contribution in [2.45, 2.75) is 37.5 Å². The van der Waals surface area contributed by atoms with Gasteiger partial charge in [0, 0.05) is 0 Å². The van der Waals surface area contributed by atoms with E-state index in [9.17, 15) is 9.90 Å². The van der Waals surface area contributed by atoms with Gasteiger partial charge in [-0.1, -0.05) is 18.2 Å². The Bertz CT molecular complexity index is 384. The Morgan fingerprint density at radius 3 is 1.87 bits per heavy atom. The van der Waals surface area contributed by atoms with Gasteiger partial charge >= 0.3 is 5.97 Å². The number of benzene rings is 1. The van der Waals surface area contributed by atoms with E-state index in [2.05, 4.69) is 0 Å². The van der Waals surface area contributed by atoms with Crippen molar-refractivity contribution >= 4 is 5.97 Å². The molecular weight excluding hydrogens is 188 g/mol. The first-order chi connectivity index (χ1) is 7.27. The van der Waals surface area contributed by atoms with Crippen LogP contribution in [0.1, 0.15) is 59.0 Å². The lowest BCUT2D eigenvalue weighted by molar-refractivity contribution is 0.0694. The summed E-state index contributed by atoms with van der Waals surface area (Å²) < 4.78 is 0. The molecule has 2 heteroatoms. The summed E-state index contributed by atoms with van der Waals surface area (Å²) in [5, 5.41) is 9.30. The summed E-state index contributed by atoms with van der Waals surface area (Å²) in [5.41, 5.74) is 2.77. The molecule has 2 nitrogen and oxygen atoms in total. The van der Waals surface area contributed by atoms with Crippen LogP contribution >= 0.6 is 0 Å². The van der Waals surface area contributed by atoms with E-state index in [1.165, 1.54) is 0 Å². The zero-order valence-corrected chi connectivity index (χ0v) is 8.57. The smallest absolute Gasteiger partial charge is 0.336 e. The van der Waals surface area contributed by atoms with Gasteiger partial charge in [-0.3, -0.25) is 0 Å². The number of aromatic carboxylic acids is 1. The molecule has 2 aliphatic rings. The number of carbonyl (C=O) groups is 1. The highest BCUT2D eigenvalue weighted by Gasteiger charge is 2.33. The van der Waals surface area contributed by atoms with Crippen LogP contribution in [0.3, 0.4) is 0 Å². The van der Waals surface area contributed by atoms with E-state index in [1.54, 1.807) is 0 Å². The Morgan fingerprint density at radius 1 is 1.07 bits per heavy atom. The van der Waals surface area contributed by atoms with Crippen LogP contribution < -0.4 is 0 Å². The van der Waals surface area contributed by atoms with Crippen molar-refractivity contribution in [3.8, 4) is 0 Å². The van der Waals surface area contributed by atoms with Crippen molar-refractivity contribution in [1.82, 2.24) is 0 Å². The van der Waals surface area contributed by atoms with E-state index in [1.807, 2.05) is 18.2 Å². The highest BCUT2D eigenvalue weighted by Crippen LogP contribution is 2.47. The fourth-order valence-corrected chi connectivity index (χ4v) is 2.30. The predicted octanol–water partition coefficient (Wildman–Crippen LogP) is 3.14. The molecule has 2 aliphatic carbocycles. The zero-order valence-electron chi connectivity index (χ0n) is 8.57. The molecule has 0 radical (unpaired) electrons. The molecule has 0 spiro atoms. The number of hydrogen-bond donors (Lipinski definition) is 1. The van der Waals surface area contributed by atoms with Gasteiger partial charge in [0.15, 0.2) is 0 Å². The molecule has 3 rings (SSSR count). The summed E-state index contributed by atoms with van der Waals surface area (Å²) in [5.74, 6) is 0.309. The molecule has 0 aromatic heterocycles. The summed E-state index contributed by atoms with van der Waals surface area (Å²) in [4.78, 5) is 11.3. The topological polar surface area (TPSA) is 37.3 Å². The minimum atomic E-state index is -0.737. The monoisotopic (exact) mass is 202 g/mol. The first-order valence-electron chi connectivity index (χ1n) is 5.63. The Morgan fingerprint density at radius 2 is 1.53 bits per heavy atom. The lowest BCUT2D eigenvalue weighted by Crippen LogP contribution is -2.06. The number of rotatable bonds is 3. The molecule has 0 bridgehead atoms. The molecule has 0 saturated heterocycles. The zero-order chi connectivity index (χ0) is 10.4. The van der Waals surface area contributed by atoms with Crippen LogP contribution in [-0.2, 0) is 0 Å². The summed E-state index contributed by atoms with van der Waals surface area (Å²) in [7, 11) is 0. The molecule has 15 heavy (non-hydrogen) atoms. The maximum atomic E-state index is 11.3. The molecule has 0 aliphatic heterocycles. The largest absolute Gasteiger partial charge is 0.478 e. The minimum Gasteiger partial charge on any atom is -0.478 e. The Labute approximate surface area is 88.9 Å². The van der Waals surface area contributed by atoms with Crippen molar-refractivity contribution in [3.63, 3.8) is 0 Å². The number of carboxylic acids is 1. The van der Waals surface area contributed by atoms with Crippen molar-refractivity contribution < 1.29 is 9.90 Å². The molecule has 0 unspecified atom stereocenters. The van der Waals surface area contributed by atoms with E-state index in [0.29, 0.717) is 17.4 Å². The van der Waals surface area contributed by atoms with Crippen molar-refractivity contribution in [2.24, 2.45) is 0 Å². The van der Waals surface area contributed by atoms with Crippen LogP contribution in [-0.4, -0.2) is 11.1 Å². The van der Waals surface area contributed by atoms with Gasteiger partial charge in [0.05, 0.1) is 5.56 Å². The Balaban J connectivity index is 2.12. The van der Waals surface area contributed by atoms with Gasteiger partial charge in [-0.15, -0.1) is 0 Å². The van der Waals surface area contributed by atoms with Gasteiger partial charge in [0.1, 0.15) is 0 Å². The second-order valence-corrected chi connectivity index (χ2v) is 4.67. The standard InChI is InChI=1S/C13H14O2/c14-13(15)12-10(8-4-5-8)2-1-3-11(12)9-6-7-9/h1-3,8-9H,4-7H2,(H,14,15). The SMILES string of the molecule is O=C(O)c1c(C2CC2)cccc1C1CC1. The van der Waals surface area contributed by atoms with Crippen LogP contribution in [0, 0.1) is 0 Å². The van der Waals surface area contributed by atoms with E-state index >= 15 is 0 Å². The lowest BCUT2D eigenvalue weighted by Gasteiger charge is -2.09. The third kappa shape index (κ3) is 1.54. The van der Waals surface area contributed by atoms with Gasteiger partial charge in [-0.25, -0.2) is 4.79 Å². The third-order valence-electron chi connectivity index (χ3n) is 3.38. The molecule has 2 saturated carbocycles. The van der Waals surface area contributed by atoms with Gasteiger partial charge in [-0.2, -0.15) is 0 Å². The Kier molecular flexibility index (Phi) is 1.84. The normalized spacial score (nSPS) is 20.3. The molecule has 1 aromatic rings. The minimum absolute atomic E-state index is 0.523. The third-order valence-corrected chi connectivity index (χ3v) is 3.38. The first-order valence-corrected chi connectivity index (χ1v) is 5.63. The van der Waals surface area contributed by atoms with Crippen LogP contribution in [0.25, 0.3) is 0 Å². The molecule has 2 fully saturated rings. The van der Waals surface area contributed by atoms with E-state index in [-0.39, 0.29) is 0 Å². The quantitative estimate of drug-likeness (QED) is 0.817. The molecule has 0 atom stereocenters. The first kappa shape index (κ1) is 8.96. The molecule has 0 heterocycles. The number of hydrogen-bond acceptors (Lipinski definition) is 1. The highest BCUT2D eigenvalue weighted by atomic mass is 16.4. The van der Waals surface area contributed by atoms with E-state index in [4.69, 9.17) is 0 Å². The van der Waals surface area contributed by atoms with Crippen molar-refractivity contribution in [1.29, 1.82) is 0 Å². The molecular formula is C13H14O2. The maximum Gasteiger partial charge on any atom is 0.336 e. The molecule has 0 amide bonds. The second-order valence-electron chi connectivity index (χ2n) is 4.67. The Hall–Kier alpha value is -1.31. The van der Waals surface area contributed by atoms with Crippen LogP contribution in [0.4, 0.5) is 0 Å². The average Bonchev–Trinajstić information content (AvgIpc) is 3.07. The molecule has 78 valence electrons. The lowest BCUT2D eigenvalue weighted by atomic mass is 9.95. The van der Waals surface area contributed by atoms with E-state index in [0.717, 1.165) is 36.8 Å². The summed E-state index contributed by atoms with van der Waals surface area (Å²) in [6.45, 7) is 0. The fraction of sp³-hybridized carbons (Fsp3) is 0.462. The average molecular weight is 202 g/mol. The summed E-state index contributed by atoms with van der Waals surface area (Å²) in [6.07, 6.45) is 4.64. The fourth-order valence-electron chi connectivity index (χ4n) is 2.30. The highest BCUT2D eigenvalue weighted by molar-refractivity contribution is 5.92. The van der Waals surface area contributed by atoms with Crippen LogP contribution in [0.2, 0.25) is 0 Å². The van der Waals surface area contributed by atoms with Crippen LogP contribution in [0.5, 0.6) is 0 Å². The van der Waals surface area contributed by atoms with Gasteiger partial charge in [0.25, 0.3) is 0 Å². The van der Waals surface area contributed by atoms with E-state index < -0.39 is 5.97 Å². The van der Waals surface area contributed by atoms with Crippen LogP contribution in [0.15, 0.2) is 18.2 Å².